The van der Waals surface area contributed by atoms with Crippen molar-refractivity contribution in [2.45, 2.75) is 6.04 Å². The largest absolute Gasteiger partial charge is 0.479 e. The van der Waals surface area contributed by atoms with Gasteiger partial charge in [-0.25, -0.2) is 4.79 Å². The highest BCUT2D eigenvalue weighted by Crippen LogP contribution is 2.38. The number of carbonyl (C=O) groups is 2. The highest BCUT2D eigenvalue weighted by molar-refractivity contribution is 6.10. The molecule has 0 saturated heterocycles. The van der Waals surface area contributed by atoms with Crippen LogP contribution in [0.25, 0.3) is 5.70 Å². The second kappa shape index (κ2) is 4.90. The first-order valence-corrected chi connectivity index (χ1v) is 6.51. The molecule has 1 atom stereocenters. The average Bonchev–Trinajstić information content (AvgIpc) is 2.74. The summed E-state index contributed by atoms with van der Waals surface area (Å²) in [7, 11) is 0. The number of carboxylic acid groups (broad SMARTS) is 1. The van der Waals surface area contributed by atoms with Crippen LogP contribution in [0.2, 0.25) is 0 Å². The molecule has 1 heterocycles. The summed E-state index contributed by atoms with van der Waals surface area (Å²) < 4.78 is 0. The summed E-state index contributed by atoms with van der Waals surface area (Å²) in [5, 5.41) is 9.57. The summed E-state index contributed by atoms with van der Waals surface area (Å²) in [5.41, 5.74) is 2.15. The van der Waals surface area contributed by atoms with E-state index in [4.69, 9.17) is 0 Å². The van der Waals surface area contributed by atoms with E-state index in [0.29, 0.717) is 22.4 Å². The Morgan fingerprint density at radius 1 is 1.00 bits per heavy atom. The standard InChI is InChI=1S/C17H13NO3/c1-11-13-9-5-6-10-14(13)16(19)18(11)15(17(20)21)12-7-3-2-4-8-12/h2-10,15H,1H2,(H,20,21). The van der Waals surface area contributed by atoms with Crippen LogP contribution < -0.4 is 0 Å². The smallest absolute Gasteiger partial charge is 0.331 e. The lowest BCUT2D eigenvalue weighted by atomic mass is 10.1. The Morgan fingerprint density at radius 3 is 2.14 bits per heavy atom. The van der Waals surface area contributed by atoms with E-state index in [9.17, 15) is 14.7 Å². The number of carboxylic acids is 1. The van der Waals surface area contributed by atoms with E-state index >= 15 is 0 Å². The zero-order chi connectivity index (χ0) is 15.0. The first kappa shape index (κ1) is 13.1. The molecule has 0 fully saturated rings. The van der Waals surface area contributed by atoms with Gasteiger partial charge < -0.3 is 5.11 Å². The summed E-state index contributed by atoms with van der Waals surface area (Å²) in [5.74, 6) is -1.41. The number of amides is 1. The Kier molecular flexibility index (Phi) is 3.06. The van der Waals surface area contributed by atoms with Gasteiger partial charge in [0.15, 0.2) is 6.04 Å². The third kappa shape index (κ3) is 2.01. The molecular weight excluding hydrogens is 266 g/mol. The lowest BCUT2D eigenvalue weighted by molar-refractivity contribution is -0.141. The minimum Gasteiger partial charge on any atom is -0.479 e. The van der Waals surface area contributed by atoms with Gasteiger partial charge in [0.1, 0.15) is 0 Å². The van der Waals surface area contributed by atoms with Gasteiger partial charge in [-0.05, 0) is 11.6 Å². The molecule has 2 aromatic carbocycles. The van der Waals surface area contributed by atoms with Gasteiger partial charge in [-0.1, -0.05) is 55.1 Å². The van der Waals surface area contributed by atoms with Gasteiger partial charge in [0.05, 0.1) is 0 Å². The first-order valence-electron chi connectivity index (χ1n) is 6.51. The zero-order valence-electron chi connectivity index (χ0n) is 11.2. The molecule has 1 aliphatic rings. The van der Waals surface area contributed by atoms with Crippen molar-refractivity contribution in [1.29, 1.82) is 0 Å². The minimum absolute atomic E-state index is 0.327. The molecule has 0 spiro atoms. The Hall–Kier alpha value is -2.88. The van der Waals surface area contributed by atoms with E-state index in [1.54, 1.807) is 54.6 Å². The molecule has 1 N–H and O–H groups in total. The average molecular weight is 279 g/mol. The van der Waals surface area contributed by atoms with Gasteiger partial charge in [0.2, 0.25) is 0 Å². The minimum atomic E-state index is -1.08. The number of benzene rings is 2. The van der Waals surface area contributed by atoms with Crippen molar-refractivity contribution in [3.63, 3.8) is 0 Å². The predicted molar refractivity (Wildman–Crippen MR) is 78.5 cm³/mol. The van der Waals surface area contributed by atoms with Crippen molar-refractivity contribution in [3.8, 4) is 0 Å². The Balaban J connectivity index is 2.09. The summed E-state index contributed by atoms with van der Waals surface area (Å²) in [6.07, 6.45) is 0. The van der Waals surface area contributed by atoms with Crippen LogP contribution in [0.5, 0.6) is 0 Å². The summed E-state index contributed by atoms with van der Waals surface area (Å²) in [6.45, 7) is 3.90. The number of hydrogen-bond acceptors (Lipinski definition) is 2. The van der Waals surface area contributed by atoms with Gasteiger partial charge in [-0.3, -0.25) is 9.69 Å². The van der Waals surface area contributed by atoms with Crippen LogP contribution in [0.3, 0.4) is 0 Å². The first-order chi connectivity index (χ1) is 10.1. The fourth-order valence-electron chi connectivity index (χ4n) is 2.61. The summed E-state index contributed by atoms with van der Waals surface area (Å²) >= 11 is 0. The maximum Gasteiger partial charge on any atom is 0.331 e. The molecule has 4 heteroatoms. The second-order valence-corrected chi connectivity index (χ2v) is 4.82. The third-order valence-electron chi connectivity index (χ3n) is 3.59. The van der Waals surface area contributed by atoms with Gasteiger partial charge >= 0.3 is 5.97 Å². The van der Waals surface area contributed by atoms with E-state index < -0.39 is 12.0 Å². The van der Waals surface area contributed by atoms with Gasteiger partial charge in [0.25, 0.3) is 5.91 Å². The van der Waals surface area contributed by atoms with Crippen LogP contribution in [0.1, 0.15) is 27.5 Å². The maximum atomic E-state index is 12.5. The van der Waals surface area contributed by atoms with E-state index in [-0.39, 0.29) is 5.91 Å². The van der Waals surface area contributed by atoms with Crippen LogP contribution in [0.15, 0.2) is 61.2 Å². The Bertz CT molecular complexity index is 702. The van der Waals surface area contributed by atoms with Crippen LogP contribution >= 0.6 is 0 Å². The Morgan fingerprint density at radius 2 is 1.57 bits per heavy atom. The predicted octanol–water partition coefficient (Wildman–Crippen LogP) is 2.94. The SMILES string of the molecule is C=C1c2ccccc2C(=O)N1C(C(=O)O)c1ccccc1. The molecule has 0 bridgehead atoms. The number of fused-ring (bicyclic) bond motifs is 1. The fourth-order valence-corrected chi connectivity index (χ4v) is 2.61. The van der Waals surface area contributed by atoms with E-state index in [0.717, 1.165) is 0 Å². The molecule has 0 saturated carbocycles. The van der Waals surface area contributed by atoms with Gasteiger partial charge in [-0.15, -0.1) is 0 Å². The van der Waals surface area contributed by atoms with Crippen LogP contribution in [-0.4, -0.2) is 21.9 Å². The number of rotatable bonds is 3. The maximum absolute atomic E-state index is 12.5. The molecule has 1 amide bonds. The van der Waals surface area contributed by atoms with Crippen molar-refractivity contribution in [3.05, 3.63) is 77.9 Å². The van der Waals surface area contributed by atoms with Crippen molar-refractivity contribution in [1.82, 2.24) is 4.90 Å². The molecule has 1 unspecified atom stereocenters. The number of hydrogen-bond donors (Lipinski definition) is 1. The van der Waals surface area contributed by atoms with Crippen molar-refractivity contribution >= 4 is 17.6 Å². The molecule has 3 rings (SSSR count). The van der Waals surface area contributed by atoms with Crippen molar-refractivity contribution in [2.24, 2.45) is 0 Å². The van der Waals surface area contributed by atoms with Crippen LogP contribution in [0, 0.1) is 0 Å². The molecule has 21 heavy (non-hydrogen) atoms. The molecule has 0 aliphatic carbocycles. The van der Waals surface area contributed by atoms with Crippen LogP contribution in [0.4, 0.5) is 0 Å². The van der Waals surface area contributed by atoms with Gasteiger partial charge in [-0.2, -0.15) is 0 Å². The van der Waals surface area contributed by atoms with Gasteiger partial charge in [0, 0.05) is 16.8 Å². The molecular formula is C17H13NO3. The number of aliphatic carboxylic acids is 1. The highest BCUT2D eigenvalue weighted by atomic mass is 16.4. The lowest BCUT2D eigenvalue weighted by Crippen LogP contribution is -2.33. The molecule has 0 radical (unpaired) electrons. The zero-order valence-corrected chi connectivity index (χ0v) is 11.2. The molecule has 104 valence electrons. The third-order valence-corrected chi connectivity index (χ3v) is 3.59. The fraction of sp³-hybridized carbons (Fsp3) is 0.0588. The quantitative estimate of drug-likeness (QED) is 0.939. The Labute approximate surface area is 121 Å². The molecule has 1 aliphatic heterocycles. The highest BCUT2D eigenvalue weighted by Gasteiger charge is 2.39. The summed E-state index contributed by atoms with van der Waals surface area (Å²) in [6, 6.07) is 14.7. The molecule has 2 aromatic rings. The second-order valence-electron chi connectivity index (χ2n) is 4.82. The van der Waals surface area contributed by atoms with E-state index in [2.05, 4.69) is 6.58 Å². The van der Waals surface area contributed by atoms with E-state index in [1.165, 1.54) is 4.90 Å². The topological polar surface area (TPSA) is 57.6 Å². The molecule has 4 nitrogen and oxygen atoms in total. The summed E-state index contributed by atoms with van der Waals surface area (Å²) in [4.78, 5) is 25.5. The van der Waals surface area contributed by atoms with Crippen molar-refractivity contribution < 1.29 is 14.7 Å². The van der Waals surface area contributed by atoms with Crippen molar-refractivity contribution in [2.75, 3.05) is 0 Å². The van der Waals surface area contributed by atoms with Crippen LogP contribution in [-0.2, 0) is 4.79 Å². The number of carbonyl (C=O) groups excluding carboxylic acids is 1. The lowest BCUT2D eigenvalue weighted by Gasteiger charge is -2.25. The van der Waals surface area contributed by atoms with E-state index in [1.807, 2.05) is 0 Å². The monoisotopic (exact) mass is 279 g/mol. The normalized spacial score (nSPS) is 15.0. The number of nitrogens with zero attached hydrogens (tertiary/aromatic N) is 1. The molecule has 0 aromatic heterocycles.